The summed E-state index contributed by atoms with van der Waals surface area (Å²) in [5.41, 5.74) is 2.43. The molecule has 2 saturated heterocycles. The van der Waals surface area contributed by atoms with Gasteiger partial charge in [-0.2, -0.15) is 4.31 Å². The number of benzene rings is 2. The number of ketones is 1. The van der Waals surface area contributed by atoms with Gasteiger partial charge in [-0.25, -0.2) is 8.42 Å². The van der Waals surface area contributed by atoms with Crippen LogP contribution in [0.2, 0.25) is 0 Å². The SMILES string of the molecule is CC(C)CC(NC(=O)c1ccc(-c2ccccc2)cc1)C(=O)N1CCC2C1C(=O)CN2S(=O)(=O)c1cccnc1. The first-order valence-corrected chi connectivity index (χ1v) is 14.8. The zero-order chi connectivity index (χ0) is 28.4. The van der Waals surface area contributed by atoms with Gasteiger partial charge < -0.3 is 10.2 Å². The molecule has 2 aromatic carbocycles. The predicted octanol–water partition coefficient (Wildman–Crippen LogP) is 3.14. The van der Waals surface area contributed by atoms with Crippen LogP contribution >= 0.6 is 0 Å². The molecule has 3 heterocycles. The Morgan fingerprint density at radius 2 is 1.70 bits per heavy atom. The predicted molar refractivity (Wildman–Crippen MR) is 150 cm³/mol. The molecule has 1 aromatic heterocycles. The number of pyridine rings is 1. The zero-order valence-corrected chi connectivity index (χ0v) is 23.3. The molecule has 9 nitrogen and oxygen atoms in total. The number of amides is 2. The summed E-state index contributed by atoms with van der Waals surface area (Å²) in [6.07, 6.45) is 3.46. The van der Waals surface area contributed by atoms with Crippen molar-refractivity contribution in [2.75, 3.05) is 13.1 Å². The van der Waals surface area contributed by atoms with E-state index in [0.29, 0.717) is 18.4 Å². The van der Waals surface area contributed by atoms with Gasteiger partial charge in [0.2, 0.25) is 15.9 Å². The van der Waals surface area contributed by atoms with Gasteiger partial charge in [-0.1, -0.05) is 56.3 Å². The highest BCUT2D eigenvalue weighted by molar-refractivity contribution is 7.89. The first-order valence-electron chi connectivity index (χ1n) is 13.4. The minimum absolute atomic E-state index is 0.0106. The monoisotopic (exact) mass is 560 g/mol. The van der Waals surface area contributed by atoms with E-state index >= 15 is 0 Å². The third-order valence-corrected chi connectivity index (χ3v) is 9.32. The van der Waals surface area contributed by atoms with E-state index in [1.54, 1.807) is 12.1 Å². The highest BCUT2D eigenvalue weighted by atomic mass is 32.2. The number of hydrogen-bond acceptors (Lipinski definition) is 6. The van der Waals surface area contributed by atoms with Crippen LogP contribution in [0.4, 0.5) is 0 Å². The number of hydrogen-bond donors (Lipinski definition) is 1. The van der Waals surface area contributed by atoms with Gasteiger partial charge in [0, 0.05) is 24.5 Å². The van der Waals surface area contributed by atoms with Gasteiger partial charge in [0.15, 0.2) is 5.78 Å². The van der Waals surface area contributed by atoms with Crippen molar-refractivity contribution in [2.24, 2.45) is 5.92 Å². The van der Waals surface area contributed by atoms with Crippen LogP contribution in [-0.4, -0.2) is 71.4 Å². The average molecular weight is 561 g/mol. The molecule has 0 bridgehead atoms. The largest absolute Gasteiger partial charge is 0.340 e. The molecule has 0 aliphatic carbocycles. The smallest absolute Gasteiger partial charge is 0.251 e. The van der Waals surface area contributed by atoms with Gasteiger partial charge in [0.25, 0.3) is 5.91 Å². The van der Waals surface area contributed by atoms with Crippen LogP contribution in [-0.2, 0) is 19.6 Å². The van der Waals surface area contributed by atoms with Crippen LogP contribution in [0.5, 0.6) is 0 Å². The number of Topliss-reactive ketones (excluding diaryl/α,β-unsaturated/α-hetero) is 1. The number of sulfonamides is 1. The lowest BCUT2D eigenvalue weighted by molar-refractivity contribution is -0.138. The molecule has 0 saturated carbocycles. The van der Waals surface area contributed by atoms with Crippen molar-refractivity contribution < 1.29 is 22.8 Å². The Balaban J connectivity index is 1.32. The summed E-state index contributed by atoms with van der Waals surface area (Å²) in [6, 6.07) is 17.6. The number of fused-ring (bicyclic) bond motifs is 1. The third kappa shape index (κ3) is 5.41. The Hall–Kier alpha value is -3.89. The van der Waals surface area contributed by atoms with Crippen molar-refractivity contribution in [3.8, 4) is 11.1 Å². The number of carbonyl (C=O) groups excluding carboxylic acids is 3. The van der Waals surface area contributed by atoms with Crippen molar-refractivity contribution in [1.29, 1.82) is 0 Å². The van der Waals surface area contributed by atoms with Gasteiger partial charge in [-0.05, 0) is 54.2 Å². The summed E-state index contributed by atoms with van der Waals surface area (Å²) in [5.74, 6) is -0.985. The highest BCUT2D eigenvalue weighted by Crippen LogP contribution is 2.34. The van der Waals surface area contributed by atoms with Gasteiger partial charge in [0.05, 0.1) is 12.6 Å². The Morgan fingerprint density at radius 3 is 2.35 bits per heavy atom. The maximum absolute atomic E-state index is 13.8. The molecule has 3 atom stereocenters. The molecular weight excluding hydrogens is 528 g/mol. The van der Waals surface area contributed by atoms with Crippen molar-refractivity contribution in [1.82, 2.24) is 19.5 Å². The van der Waals surface area contributed by atoms with E-state index < -0.39 is 28.1 Å². The first kappa shape index (κ1) is 27.7. The minimum Gasteiger partial charge on any atom is -0.340 e. The lowest BCUT2D eigenvalue weighted by Gasteiger charge is -2.29. The number of nitrogens with one attached hydrogen (secondary N) is 1. The van der Waals surface area contributed by atoms with E-state index in [1.807, 2.05) is 56.3 Å². The fourth-order valence-corrected chi connectivity index (χ4v) is 7.14. The van der Waals surface area contributed by atoms with Crippen molar-refractivity contribution in [3.05, 3.63) is 84.7 Å². The molecule has 2 aliphatic heterocycles. The van der Waals surface area contributed by atoms with Crippen molar-refractivity contribution >= 4 is 27.6 Å². The quantitative estimate of drug-likeness (QED) is 0.453. The first-order chi connectivity index (χ1) is 19.2. The summed E-state index contributed by atoms with van der Waals surface area (Å²) < 4.78 is 27.7. The fraction of sp³-hybridized carbons (Fsp3) is 0.333. The second kappa shape index (κ2) is 11.3. The molecule has 3 unspecified atom stereocenters. The lowest BCUT2D eigenvalue weighted by atomic mass is 10.0. The maximum Gasteiger partial charge on any atom is 0.251 e. The second-order valence-corrected chi connectivity index (χ2v) is 12.5. The maximum atomic E-state index is 13.8. The number of nitrogens with zero attached hydrogens (tertiary/aromatic N) is 3. The fourth-order valence-electron chi connectivity index (χ4n) is 5.56. The molecule has 40 heavy (non-hydrogen) atoms. The summed E-state index contributed by atoms with van der Waals surface area (Å²) in [7, 11) is -3.95. The molecule has 5 rings (SSSR count). The summed E-state index contributed by atoms with van der Waals surface area (Å²) >= 11 is 0. The summed E-state index contributed by atoms with van der Waals surface area (Å²) in [6.45, 7) is 3.84. The van der Waals surface area contributed by atoms with Gasteiger partial charge in [-0.3, -0.25) is 19.4 Å². The van der Waals surface area contributed by atoms with E-state index in [2.05, 4.69) is 10.3 Å². The topological polar surface area (TPSA) is 117 Å². The molecule has 0 radical (unpaired) electrons. The highest BCUT2D eigenvalue weighted by Gasteiger charge is 2.54. The lowest BCUT2D eigenvalue weighted by Crippen LogP contribution is -2.53. The normalized spacial score (nSPS) is 20.0. The van der Waals surface area contributed by atoms with Crippen LogP contribution < -0.4 is 5.32 Å². The minimum atomic E-state index is -3.95. The van der Waals surface area contributed by atoms with Crippen LogP contribution in [0.3, 0.4) is 0 Å². The second-order valence-electron chi connectivity index (χ2n) is 10.6. The van der Waals surface area contributed by atoms with E-state index in [1.165, 1.54) is 33.7 Å². The molecule has 3 aromatic rings. The average Bonchev–Trinajstić information content (AvgIpc) is 3.54. The van der Waals surface area contributed by atoms with Gasteiger partial charge in [-0.15, -0.1) is 0 Å². The Morgan fingerprint density at radius 1 is 1.00 bits per heavy atom. The number of rotatable bonds is 8. The third-order valence-electron chi connectivity index (χ3n) is 7.47. The van der Waals surface area contributed by atoms with E-state index in [9.17, 15) is 22.8 Å². The van der Waals surface area contributed by atoms with Crippen LogP contribution in [0.15, 0.2) is 84.0 Å². The van der Waals surface area contributed by atoms with Gasteiger partial charge >= 0.3 is 0 Å². The molecule has 2 fully saturated rings. The summed E-state index contributed by atoms with van der Waals surface area (Å²) in [4.78, 5) is 45.4. The standard InChI is InChI=1S/C30H32N4O5S/c1-20(2)17-25(32-29(36)23-12-10-22(11-13-23)21-7-4-3-5-8-21)30(37)33-16-14-26-28(33)27(35)19-34(26)40(38,39)24-9-6-15-31-18-24/h3-13,15,18,20,25-26,28H,14,16-17,19H2,1-2H3,(H,32,36). The van der Waals surface area contributed by atoms with Crippen LogP contribution in [0, 0.1) is 5.92 Å². The van der Waals surface area contributed by atoms with E-state index in [4.69, 9.17) is 0 Å². The Labute approximate surface area is 234 Å². The van der Waals surface area contributed by atoms with Gasteiger partial charge in [0.1, 0.15) is 17.0 Å². The number of likely N-dealkylation sites (tertiary alicyclic amines) is 1. The molecule has 2 amide bonds. The number of carbonyl (C=O) groups is 3. The summed E-state index contributed by atoms with van der Waals surface area (Å²) in [5, 5.41) is 2.88. The van der Waals surface area contributed by atoms with E-state index in [0.717, 1.165) is 11.1 Å². The van der Waals surface area contributed by atoms with E-state index in [-0.39, 0.29) is 41.5 Å². The molecule has 10 heteroatoms. The van der Waals surface area contributed by atoms with Crippen LogP contribution in [0.25, 0.3) is 11.1 Å². The molecule has 208 valence electrons. The molecular formula is C30H32N4O5S. The van der Waals surface area contributed by atoms with Crippen LogP contribution in [0.1, 0.15) is 37.0 Å². The molecule has 2 aliphatic rings. The van der Waals surface area contributed by atoms with Crippen molar-refractivity contribution in [2.45, 2.75) is 49.7 Å². The molecule has 1 N–H and O–H groups in total. The molecule has 0 spiro atoms. The van der Waals surface area contributed by atoms with Crippen molar-refractivity contribution in [3.63, 3.8) is 0 Å². The Kier molecular flexibility index (Phi) is 7.82. The zero-order valence-electron chi connectivity index (χ0n) is 22.4. The Bertz CT molecular complexity index is 1490. The number of aromatic nitrogens is 1.